The molecule has 0 atom stereocenters. The van der Waals surface area contributed by atoms with E-state index in [9.17, 15) is 4.79 Å². The molecule has 0 aliphatic rings. The van der Waals surface area contributed by atoms with E-state index in [0.717, 1.165) is 17.9 Å². The Bertz CT molecular complexity index is 590. The molecule has 100 valence electrons. The average molecular weight is 259 g/mol. The number of imidazole rings is 1. The summed E-state index contributed by atoms with van der Waals surface area (Å²) >= 11 is 0. The molecule has 2 aromatic rings. The number of pyridine rings is 1. The van der Waals surface area contributed by atoms with Crippen LogP contribution in [0.1, 0.15) is 35.9 Å². The minimum Gasteiger partial charge on any atom is -0.481 e. The SMILES string of the molecule is CCc1nc(C(C)=O)cn1Cc1cccc(OC)n1. The predicted octanol–water partition coefficient (Wildman–Crippen LogP) is 2.10. The van der Waals surface area contributed by atoms with Gasteiger partial charge in [0.25, 0.3) is 0 Å². The number of methoxy groups -OCH3 is 1. The second-order valence-electron chi connectivity index (χ2n) is 4.25. The summed E-state index contributed by atoms with van der Waals surface area (Å²) in [7, 11) is 1.59. The van der Waals surface area contributed by atoms with Gasteiger partial charge >= 0.3 is 0 Å². The normalized spacial score (nSPS) is 10.5. The lowest BCUT2D eigenvalue weighted by Gasteiger charge is -2.06. The third kappa shape index (κ3) is 2.99. The molecule has 0 bridgehead atoms. The van der Waals surface area contributed by atoms with Crippen molar-refractivity contribution in [1.29, 1.82) is 0 Å². The van der Waals surface area contributed by atoms with Crippen molar-refractivity contribution in [3.05, 3.63) is 41.6 Å². The minimum atomic E-state index is -0.0212. The lowest BCUT2D eigenvalue weighted by Crippen LogP contribution is -2.05. The molecule has 2 rings (SSSR count). The molecule has 5 heteroatoms. The molecule has 0 unspecified atom stereocenters. The zero-order chi connectivity index (χ0) is 13.8. The number of ether oxygens (including phenoxy) is 1. The maximum absolute atomic E-state index is 11.4. The number of aryl methyl sites for hydroxylation is 1. The third-order valence-corrected chi connectivity index (χ3v) is 2.86. The number of Topliss-reactive ketones (excluding diaryl/α,β-unsaturated/α-hetero) is 1. The highest BCUT2D eigenvalue weighted by Gasteiger charge is 2.10. The van der Waals surface area contributed by atoms with E-state index in [4.69, 9.17) is 4.74 Å². The molecule has 0 radical (unpaired) electrons. The van der Waals surface area contributed by atoms with E-state index in [2.05, 4.69) is 9.97 Å². The highest BCUT2D eigenvalue weighted by molar-refractivity contribution is 5.91. The molecule has 0 aromatic carbocycles. The first-order valence-corrected chi connectivity index (χ1v) is 6.21. The van der Waals surface area contributed by atoms with Crippen LogP contribution in [0.4, 0.5) is 0 Å². The van der Waals surface area contributed by atoms with Crippen LogP contribution in [0.5, 0.6) is 5.88 Å². The van der Waals surface area contributed by atoms with Crippen molar-refractivity contribution < 1.29 is 9.53 Å². The number of aromatic nitrogens is 3. The zero-order valence-corrected chi connectivity index (χ0v) is 11.4. The predicted molar refractivity (Wildman–Crippen MR) is 71.5 cm³/mol. The van der Waals surface area contributed by atoms with Crippen molar-refractivity contribution in [2.45, 2.75) is 26.8 Å². The number of carbonyl (C=O) groups is 1. The smallest absolute Gasteiger partial charge is 0.213 e. The summed E-state index contributed by atoms with van der Waals surface area (Å²) < 4.78 is 7.06. The lowest BCUT2D eigenvalue weighted by atomic mass is 10.3. The van der Waals surface area contributed by atoms with Gasteiger partial charge in [-0.15, -0.1) is 0 Å². The quantitative estimate of drug-likeness (QED) is 0.772. The number of rotatable bonds is 5. The molecule has 0 saturated heterocycles. The largest absolute Gasteiger partial charge is 0.481 e. The average Bonchev–Trinajstić information content (AvgIpc) is 2.82. The molecule has 0 aliphatic carbocycles. The Labute approximate surface area is 112 Å². The van der Waals surface area contributed by atoms with Gasteiger partial charge in [-0.25, -0.2) is 9.97 Å². The summed E-state index contributed by atoms with van der Waals surface area (Å²) in [6.07, 6.45) is 2.56. The maximum Gasteiger partial charge on any atom is 0.213 e. The van der Waals surface area contributed by atoms with Gasteiger partial charge in [-0.2, -0.15) is 0 Å². The summed E-state index contributed by atoms with van der Waals surface area (Å²) in [5, 5.41) is 0. The summed E-state index contributed by atoms with van der Waals surface area (Å²) in [5.74, 6) is 1.45. The monoisotopic (exact) mass is 259 g/mol. The number of ketones is 1. The number of hydrogen-bond donors (Lipinski definition) is 0. The fraction of sp³-hybridized carbons (Fsp3) is 0.357. The fourth-order valence-electron chi connectivity index (χ4n) is 1.88. The number of hydrogen-bond acceptors (Lipinski definition) is 4. The van der Waals surface area contributed by atoms with E-state index in [0.29, 0.717) is 18.1 Å². The first-order chi connectivity index (χ1) is 9.13. The van der Waals surface area contributed by atoms with Crippen LogP contribution in [0.15, 0.2) is 24.4 Å². The number of nitrogens with zero attached hydrogens (tertiary/aromatic N) is 3. The van der Waals surface area contributed by atoms with Gasteiger partial charge in [-0.05, 0) is 6.07 Å². The van der Waals surface area contributed by atoms with Gasteiger partial charge < -0.3 is 9.30 Å². The van der Waals surface area contributed by atoms with Crippen LogP contribution < -0.4 is 4.74 Å². The van der Waals surface area contributed by atoms with Crippen molar-refractivity contribution in [1.82, 2.24) is 14.5 Å². The van der Waals surface area contributed by atoms with Crippen LogP contribution in [0.3, 0.4) is 0 Å². The Morgan fingerprint density at radius 2 is 2.16 bits per heavy atom. The molecule has 0 amide bonds. The highest BCUT2D eigenvalue weighted by Crippen LogP contribution is 2.11. The molecule has 0 fully saturated rings. The van der Waals surface area contributed by atoms with Gasteiger partial charge in [0.05, 0.1) is 19.3 Å². The van der Waals surface area contributed by atoms with Crippen molar-refractivity contribution in [2.24, 2.45) is 0 Å². The molecule has 5 nitrogen and oxygen atoms in total. The second kappa shape index (κ2) is 5.65. The second-order valence-corrected chi connectivity index (χ2v) is 4.25. The first kappa shape index (κ1) is 13.3. The summed E-state index contributed by atoms with van der Waals surface area (Å²) in [6.45, 7) is 4.12. The van der Waals surface area contributed by atoms with Crippen LogP contribution in [-0.2, 0) is 13.0 Å². The summed E-state index contributed by atoms with van der Waals surface area (Å²) in [6, 6.07) is 5.63. The Hall–Kier alpha value is -2.17. The molecular formula is C14H17N3O2. The van der Waals surface area contributed by atoms with Gasteiger partial charge in [0.2, 0.25) is 5.88 Å². The lowest BCUT2D eigenvalue weighted by molar-refractivity contribution is 0.101. The van der Waals surface area contributed by atoms with Crippen LogP contribution in [0.25, 0.3) is 0 Å². The maximum atomic E-state index is 11.4. The van der Waals surface area contributed by atoms with E-state index < -0.39 is 0 Å². The van der Waals surface area contributed by atoms with E-state index in [1.807, 2.05) is 23.6 Å². The third-order valence-electron chi connectivity index (χ3n) is 2.86. The van der Waals surface area contributed by atoms with E-state index in [-0.39, 0.29) is 5.78 Å². The topological polar surface area (TPSA) is 57.0 Å². The molecule has 0 N–H and O–H groups in total. The molecule has 19 heavy (non-hydrogen) atoms. The molecule has 0 spiro atoms. The van der Waals surface area contributed by atoms with Gasteiger partial charge in [0.1, 0.15) is 11.5 Å². The molecule has 0 aliphatic heterocycles. The first-order valence-electron chi connectivity index (χ1n) is 6.21. The zero-order valence-electron chi connectivity index (χ0n) is 11.4. The van der Waals surface area contributed by atoms with Crippen molar-refractivity contribution >= 4 is 5.78 Å². The van der Waals surface area contributed by atoms with Crippen molar-refractivity contribution in [3.8, 4) is 5.88 Å². The van der Waals surface area contributed by atoms with Gasteiger partial charge in [0, 0.05) is 25.6 Å². The molecule has 0 saturated carbocycles. The number of carbonyl (C=O) groups excluding carboxylic acids is 1. The van der Waals surface area contributed by atoms with E-state index in [1.165, 1.54) is 6.92 Å². The minimum absolute atomic E-state index is 0.0212. The van der Waals surface area contributed by atoms with Crippen molar-refractivity contribution in [3.63, 3.8) is 0 Å². The fourth-order valence-corrected chi connectivity index (χ4v) is 1.88. The van der Waals surface area contributed by atoms with Gasteiger partial charge in [-0.3, -0.25) is 4.79 Å². The van der Waals surface area contributed by atoms with Gasteiger partial charge in [-0.1, -0.05) is 13.0 Å². The Kier molecular flexibility index (Phi) is 3.94. The van der Waals surface area contributed by atoms with E-state index >= 15 is 0 Å². The van der Waals surface area contributed by atoms with Gasteiger partial charge in [0.15, 0.2) is 5.78 Å². The standard InChI is InChI=1S/C14H17N3O2/c1-4-13-16-12(10(2)18)9-17(13)8-11-6-5-7-14(15-11)19-3/h5-7,9H,4,8H2,1-3H3. The van der Waals surface area contributed by atoms with Crippen LogP contribution in [0.2, 0.25) is 0 Å². The van der Waals surface area contributed by atoms with Crippen LogP contribution in [-0.4, -0.2) is 27.4 Å². The Balaban J connectivity index is 2.28. The van der Waals surface area contributed by atoms with Crippen LogP contribution >= 0.6 is 0 Å². The Morgan fingerprint density at radius 1 is 1.37 bits per heavy atom. The highest BCUT2D eigenvalue weighted by atomic mass is 16.5. The Morgan fingerprint density at radius 3 is 2.79 bits per heavy atom. The molecular weight excluding hydrogens is 242 g/mol. The summed E-state index contributed by atoms with van der Waals surface area (Å²) in [5.41, 5.74) is 1.38. The molecule has 2 heterocycles. The summed E-state index contributed by atoms with van der Waals surface area (Å²) in [4.78, 5) is 20.0. The van der Waals surface area contributed by atoms with Crippen molar-refractivity contribution in [2.75, 3.05) is 7.11 Å². The van der Waals surface area contributed by atoms with Crippen LogP contribution in [0, 0.1) is 0 Å². The van der Waals surface area contributed by atoms with E-state index in [1.54, 1.807) is 19.4 Å². The molecule has 2 aromatic heterocycles.